The number of nitrogens with zero attached hydrogens (tertiary/aromatic N) is 3. The Labute approximate surface area is 207 Å². The van der Waals surface area contributed by atoms with Crippen LogP contribution < -0.4 is 15.6 Å². The number of aromatic nitrogens is 2. The molecule has 0 amide bonds. The van der Waals surface area contributed by atoms with Crippen molar-refractivity contribution in [2.24, 2.45) is 11.8 Å². The van der Waals surface area contributed by atoms with Crippen LogP contribution in [0.4, 0.5) is 5.82 Å². The van der Waals surface area contributed by atoms with Crippen LogP contribution in [0.3, 0.4) is 0 Å². The molecule has 5 rings (SSSR count). The molecule has 1 N–H and O–H groups in total. The molecule has 0 atom stereocenters. The largest absolute Gasteiger partial charge is 0.464 e. The molecule has 4 aromatic rings. The Morgan fingerprint density at radius 3 is 2.40 bits per heavy atom. The first-order valence-electron chi connectivity index (χ1n) is 12.5. The van der Waals surface area contributed by atoms with Crippen molar-refractivity contribution in [1.29, 1.82) is 0 Å². The second-order valence-electron chi connectivity index (χ2n) is 9.85. The van der Waals surface area contributed by atoms with Crippen molar-refractivity contribution in [3.8, 4) is 0 Å². The highest BCUT2D eigenvalue weighted by atomic mass is 16.3. The van der Waals surface area contributed by atoms with Crippen LogP contribution in [-0.2, 0) is 6.54 Å². The Morgan fingerprint density at radius 1 is 0.971 bits per heavy atom. The number of para-hydroxylation sites is 2. The first-order valence-corrected chi connectivity index (χ1v) is 12.5. The summed E-state index contributed by atoms with van der Waals surface area (Å²) < 4.78 is 5.54. The quantitative estimate of drug-likeness (QED) is 0.401. The SMILES string of the molecule is CC1CCC(CNCc2coc3ccccc3c2=O)CC1.Cc1nc(N(C)C)c2ccccc2n1. The molecule has 2 aromatic heterocycles. The molecule has 1 fully saturated rings. The minimum Gasteiger partial charge on any atom is -0.464 e. The van der Waals surface area contributed by atoms with Gasteiger partial charge in [-0.3, -0.25) is 4.79 Å². The highest BCUT2D eigenvalue weighted by molar-refractivity contribution is 5.89. The zero-order valence-corrected chi connectivity index (χ0v) is 21.3. The van der Waals surface area contributed by atoms with Gasteiger partial charge in [-0.25, -0.2) is 9.97 Å². The zero-order valence-electron chi connectivity index (χ0n) is 21.3. The van der Waals surface area contributed by atoms with Crippen molar-refractivity contribution in [2.45, 2.75) is 46.1 Å². The second kappa shape index (κ2) is 11.5. The average Bonchev–Trinajstić information content (AvgIpc) is 2.86. The van der Waals surface area contributed by atoms with Crippen LogP contribution in [0.5, 0.6) is 0 Å². The molecule has 184 valence electrons. The third kappa shape index (κ3) is 6.25. The standard InChI is InChI=1S/C18H23NO2.C11H13N3/c1-13-6-8-14(9-7-13)10-19-11-15-12-21-17-5-3-2-4-16(17)18(15)20;1-8-12-10-7-5-4-6-9(10)11(13-8)14(2)3/h2-5,12-14,19H,6-11H2,1H3;4-7H,1-3H3. The molecule has 0 aliphatic heterocycles. The van der Waals surface area contributed by atoms with Gasteiger partial charge < -0.3 is 14.6 Å². The summed E-state index contributed by atoms with van der Waals surface area (Å²) in [5.74, 6) is 3.43. The van der Waals surface area contributed by atoms with Gasteiger partial charge in [0.1, 0.15) is 17.2 Å². The Balaban J connectivity index is 0.000000179. The third-order valence-electron chi connectivity index (χ3n) is 6.75. The van der Waals surface area contributed by atoms with Crippen LogP contribution in [0.25, 0.3) is 21.9 Å². The van der Waals surface area contributed by atoms with Crippen molar-refractivity contribution in [1.82, 2.24) is 15.3 Å². The van der Waals surface area contributed by atoms with Gasteiger partial charge in [-0.1, -0.05) is 44.0 Å². The zero-order chi connectivity index (χ0) is 24.8. The summed E-state index contributed by atoms with van der Waals surface area (Å²) in [6.07, 6.45) is 6.89. The van der Waals surface area contributed by atoms with Crippen LogP contribution in [0.15, 0.2) is 64.0 Å². The molecule has 6 heteroatoms. The van der Waals surface area contributed by atoms with Gasteiger partial charge >= 0.3 is 0 Å². The van der Waals surface area contributed by atoms with Crippen molar-refractivity contribution in [3.63, 3.8) is 0 Å². The molecule has 1 aliphatic carbocycles. The smallest absolute Gasteiger partial charge is 0.197 e. The summed E-state index contributed by atoms with van der Waals surface area (Å²) >= 11 is 0. The predicted octanol–water partition coefficient (Wildman–Crippen LogP) is 5.71. The van der Waals surface area contributed by atoms with Gasteiger partial charge in [-0.05, 0) is 62.4 Å². The summed E-state index contributed by atoms with van der Waals surface area (Å²) in [5, 5.41) is 5.20. The monoisotopic (exact) mass is 472 g/mol. The van der Waals surface area contributed by atoms with Crippen molar-refractivity contribution in [2.75, 3.05) is 25.5 Å². The van der Waals surface area contributed by atoms with Crippen LogP contribution in [0, 0.1) is 18.8 Å². The lowest BCUT2D eigenvalue weighted by Crippen LogP contribution is -2.27. The molecule has 6 nitrogen and oxygen atoms in total. The summed E-state index contributed by atoms with van der Waals surface area (Å²) in [6.45, 7) is 5.85. The van der Waals surface area contributed by atoms with E-state index in [9.17, 15) is 4.79 Å². The van der Waals surface area contributed by atoms with E-state index >= 15 is 0 Å². The lowest BCUT2D eigenvalue weighted by molar-refractivity contribution is 0.281. The summed E-state index contributed by atoms with van der Waals surface area (Å²) in [7, 11) is 3.99. The molecule has 0 radical (unpaired) electrons. The number of benzene rings is 2. The highest BCUT2D eigenvalue weighted by Crippen LogP contribution is 2.27. The number of hydrogen-bond acceptors (Lipinski definition) is 6. The van der Waals surface area contributed by atoms with E-state index in [4.69, 9.17) is 4.42 Å². The normalized spacial score (nSPS) is 17.7. The fourth-order valence-electron chi connectivity index (χ4n) is 4.70. The van der Waals surface area contributed by atoms with Crippen LogP contribution in [0.2, 0.25) is 0 Å². The van der Waals surface area contributed by atoms with E-state index in [1.165, 1.54) is 25.7 Å². The fraction of sp³-hybridized carbons (Fsp3) is 0.414. The van der Waals surface area contributed by atoms with Gasteiger partial charge in [0.2, 0.25) is 0 Å². The number of rotatable bonds is 5. The lowest BCUT2D eigenvalue weighted by Gasteiger charge is -2.26. The van der Waals surface area contributed by atoms with Gasteiger partial charge in [-0.15, -0.1) is 0 Å². The van der Waals surface area contributed by atoms with Gasteiger partial charge in [0.05, 0.1) is 17.2 Å². The maximum atomic E-state index is 12.4. The van der Waals surface area contributed by atoms with Crippen LogP contribution in [0.1, 0.15) is 44.0 Å². The average molecular weight is 473 g/mol. The van der Waals surface area contributed by atoms with Crippen LogP contribution >= 0.6 is 0 Å². The maximum Gasteiger partial charge on any atom is 0.197 e. The highest BCUT2D eigenvalue weighted by Gasteiger charge is 2.18. The lowest BCUT2D eigenvalue weighted by atomic mass is 9.83. The minimum absolute atomic E-state index is 0.0848. The van der Waals surface area contributed by atoms with E-state index in [1.807, 2.05) is 74.4 Å². The van der Waals surface area contributed by atoms with Gasteiger partial charge in [0.25, 0.3) is 0 Å². The molecule has 2 aromatic carbocycles. The van der Waals surface area contributed by atoms with Gasteiger partial charge in [-0.2, -0.15) is 0 Å². The van der Waals surface area contributed by atoms with Gasteiger partial charge in [0.15, 0.2) is 5.43 Å². The topological polar surface area (TPSA) is 71.3 Å². The predicted molar refractivity (Wildman–Crippen MR) is 144 cm³/mol. The van der Waals surface area contributed by atoms with E-state index in [-0.39, 0.29) is 5.43 Å². The Morgan fingerprint density at radius 2 is 1.66 bits per heavy atom. The van der Waals surface area contributed by atoms with E-state index in [0.717, 1.165) is 46.5 Å². The number of anilines is 1. The van der Waals surface area contributed by atoms with E-state index in [2.05, 4.69) is 22.2 Å². The Hall–Kier alpha value is -3.25. The van der Waals surface area contributed by atoms with E-state index < -0.39 is 0 Å². The third-order valence-corrected chi connectivity index (χ3v) is 6.75. The van der Waals surface area contributed by atoms with E-state index in [0.29, 0.717) is 17.5 Å². The van der Waals surface area contributed by atoms with Crippen molar-refractivity contribution in [3.05, 3.63) is 76.4 Å². The molecule has 0 spiro atoms. The summed E-state index contributed by atoms with van der Waals surface area (Å²) in [4.78, 5) is 23.2. The molecule has 1 saturated carbocycles. The summed E-state index contributed by atoms with van der Waals surface area (Å²) in [5.41, 5.74) is 2.47. The number of fused-ring (bicyclic) bond motifs is 2. The van der Waals surface area contributed by atoms with Crippen molar-refractivity contribution < 1.29 is 4.42 Å². The molecule has 0 unspecified atom stereocenters. The second-order valence-corrected chi connectivity index (χ2v) is 9.85. The van der Waals surface area contributed by atoms with Gasteiger partial charge in [0, 0.05) is 31.6 Å². The molecular formula is C29H36N4O2. The first-order chi connectivity index (χ1) is 16.9. The molecule has 2 heterocycles. The Kier molecular flexibility index (Phi) is 8.13. The molecular weight excluding hydrogens is 436 g/mol. The summed E-state index contributed by atoms with van der Waals surface area (Å²) in [6, 6.07) is 15.5. The molecule has 0 saturated heterocycles. The molecule has 0 bridgehead atoms. The van der Waals surface area contributed by atoms with E-state index in [1.54, 1.807) is 6.26 Å². The maximum absolute atomic E-state index is 12.4. The number of hydrogen-bond donors (Lipinski definition) is 1. The van der Waals surface area contributed by atoms with Crippen molar-refractivity contribution >= 4 is 27.7 Å². The molecule has 35 heavy (non-hydrogen) atoms. The number of aryl methyl sites for hydroxylation is 1. The molecule has 1 aliphatic rings. The number of nitrogens with one attached hydrogen (secondary N) is 1. The first kappa shape index (κ1) is 24.9. The minimum atomic E-state index is 0.0848. The Bertz CT molecular complexity index is 1320. The fourth-order valence-corrected chi connectivity index (χ4v) is 4.70. The van der Waals surface area contributed by atoms with Crippen LogP contribution in [-0.4, -0.2) is 30.6 Å².